The number of sulfonamides is 1. The maximum atomic E-state index is 12.6. The number of carbonyl (C=O) groups excluding carboxylic acids is 2. The number of para-hydroxylation sites is 1. The van der Waals surface area contributed by atoms with Gasteiger partial charge in [0.2, 0.25) is 10.0 Å². The van der Waals surface area contributed by atoms with Crippen LogP contribution in [0.4, 0.5) is 5.69 Å². The van der Waals surface area contributed by atoms with Gasteiger partial charge in [-0.05, 0) is 31.0 Å². The molecule has 1 aliphatic heterocycles. The van der Waals surface area contributed by atoms with Crippen LogP contribution in [-0.2, 0) is 14.8 Å². The molecular formula is C17H18N2O5S2. The van der Waals surface area contributed by atoms with Crippen LogP contribution in [0, 0.1) is 0 Å². The molecule has 26 heavy (non-hydrogen) atoms. The SMILES string of the molecule is COC(=O)c1ccccc1NC(=O)c1cc(S(=O)(=O)N2CCCC2)cs1. The molecule has 1 aromatic heterocycles. The second-order valence-electron chi connectivity index (χ2n) is 5.75. The van der Waals surface area contributed by atoms with E-state index in [4.69, 9.17) is 4.74 Å². The molecule has 138 valence electrons. The molecule has 0 atom stereocenters. The summed E-state index contributed by atoms with van der Waals surface area (Å²) in [6.07, 6.45) is 1.70. The molecule has 1 amide bonds. The van der Waals surface area contributed by atoms with Gasteiger partial charge >= 0.3 is 5.97 Å². The maximum Gasteiger partial charge on any atom is 0.339 e. The highest BCUT2D eigenvalue weighted by molar-refractivity contribution is 7.89. The average molecular weight is 394 g/mol. The van der Waals surface area contributed by atoms with Crippen molar-refractivity contribution in [2.75, 3.05) is 25.5 Å². The van der Waals surface area contributed by atoms with Gasteiger partial charge in [0.15, 0.2) is 0 Å². The molecule has 2 aromatic rings. The number of methoxy groups -OCH3 is 1. The molecule has 1 saturated heterocycles. The molecule has 0 bridgehead atoms. The number of nitrogens with zero attached hydrogens (tertiary/aromatic N) is 1. The number of thiophene rings is 1. The molecule has 2 heterocycles. The number of rotatable bonds is 5. The van der Waals surface area contributed by atoms with Gasteiger partial charge in [-0.3, -0.25) is 4.79 Å². The zero-order valence-corrected chi connectivity index (χ0v) is 15.7. The fraction of sp³-hybridized carbons (Fsp3) is 0.294. The summed E-state index contributed by atoms with van der Waals surface area (Å²) in [4.78, 5) is 24.6. The Hall–Kier alpha value is -2.23. The minimum atomic E-state index is -3.56. The largest absolute Gasteiger partial charge is 0.465 e. The number of ether oxygens (including phenoxy) is 1. The molecule has 3 rings (SSSR count). The van der Waals surface area contributed by atoms with Crippen molar-refractivity contribution in [1.82, 2.24) is 4.31 Å². The highest BCUT2D eigenvalue weighted by atomic mass is 32.2. The number of esters is 1. The van der Waals surface area contributed by atoms with Gasteiger partial charge in [0.1, 0.15) is 0 Å². The van der Waals surface area contributed by atoms with Gasteiger partial charge in [-0.1, -0.05) is 12.1 Å². The first-order valence-corrected chi connectivity index (χ1v) is 10.3. The standard InChI is InChI=1S/C17H18N2O5S2/c1-24-17(21)13-6-2-3-7-14(13)18-16(20)15-10-12(11-25-15)26(22,23)19-8-4-5-9-19/h2-3,6-7,10-11H,4-5,8-9H2,1H3,(H,18,20). The van der Waals surface area contributed by atoms with Crippen LogP contribution in [0.1, 0.15) is 32.9 Å². The van der Waals surface area contributed by atoms with Gasteiger partial charge in [-0.25, -0.2) is 13.2 Å². The monoisotopic (exact) mass is 394 g/mol. The van der Waals surface area contributed by atoms with E-state index in [0.29, 0.717) is 18.8 Å². The fourth-order valence-electron chi connectivity index (χ4n) is 2.71. The summed E-state index contributed by atoms with van der Waals surface area (Å²) in [5.74, 6) is -1.04. The van der Waals surface area contributed by atoms with E-state index in [1.54, 1.807) is 24.3 Å². The van der Waals surface area contributed by atoms with Crippen LogP contribution >= 0.6 is 11.3 Å². The van der Waals surface area contributed by atoms with Gasteiger partial charge in [-0.15, -0.1) is 11.3 Å². The molecule has 0 aliphatic carbocycles. The first kappa shape index (κ1) is 18.6. The topological polar surface area (TPSA) is 92.8 Å². The molecule has 7 nitrogen and oxygen atoms in total. The lowest BCUT2D eigenvalue weighted by Gasteiger charge is -2.13. The average Bonchev–Trinajstić information content (AvgIpc) is 3.33. The summed E-state index contributed by atoms with van der Waals surface area (Å²) in [6, 6.07) is 7.83. The van der Waals surface area contributed by atoms with E-state index in [1.807, 2.05) is 0 Å². The van der Waals surface area contributed by atoms with E-state index < -0.39 is 21.9 Å². The molecule has 0 radical (unpaired) electrons. The lowest BCUT2D eigenvalue weighted by Crippen LogP contribution is -2.27. The third kappa shape index (κ3) is 3.64. The number of benzene rings is 1. The van der Waals surface area contributed by atoms with Gasteiger partial charge in [0.05, 0.1) is 28.1 Å². The summed E-state index contributed by atoms with van der Waals surface area (Å²) in [6.45, 7) is 1.01. The van der Waals surface area contributed by atoms with Gasteiger partial charge in [0, 0.05) is 18.5 Å². The van der Waals surface area contributed by atoms with Gasteiger partial charge < -0.3 is 10.1 Å². The van der Waals surface area contributed by atoms with Gasteiger partial charge in [-0.2, -0.15) is 4.31 Å². The van der Waals surface area contributed by atoms with Crippen molar-refractivity contribution in [3.05, 3.63) is 46.2 Å². The summed E-state index contributed by atoms with van der Waals surface area (Å²) in [5.41, 5.74) is 0.534. The van der Waals surface area contributed by atoms with Crippen molar-refractivity contribution in [2.45, 2.75) is 17.7 Å². The molecule has 0 saturated carbocycles. The van der Waals surface area contributed by atoms with E-state index in [2.05, 4.69) is 5.32 Å². The quantitative estimate of drug-likeness (QED) is 0.787. The second kappa shape index (κ2) is 7.56. The van der Waals surface area contributed by atoms with E-state index in [1.165, 1.54) is 22.9 Å². The van der Waals surface area contributed by atoms with Crippen LogP contribution in [0.2, 0.25) is 0 Å². The summed E-state index contributed by atoms with van der Waals surface area (Å²) >= 11 is 1.05. The predicted molar refractivity (Wildman–Crippen MR) is 98.0 cm³/mol. The van der Waals surface area contributed by atoms with Crippen molar-refractivity contribution in [1.29, 1.82) is 0 Å². The van der Waals surface area contributed by atoms with Crippen LogP contribution in [0.3, 0.4) is 0 Å². The highest BCUT2D eigenvalue weighted by Gasteiger charge is 2.28. The van der Waals surface area contributed by atoms with E-state index in [-0.39, 0.29) is 15.3 Å². The number of hydrogen-bond acceptors (Lipinski definition) is 6. The Morgan fingerprint density at radius 3 is 2.58 bits per heavy atom. The van der Waals surface area contributed by atoms with Crippen LogP contribution < -0.4 is 5.32 Å². The summed E-state index contributed by atoms with van der Waals surface area (Å²) < 4.78 is 31.2. The van der Waals surface area contributed by atoms with Gasteiger partial charge in [0.25, 0.3) is 5.91 Å². The predicted octanol–water partition coefficient (Wildman–Crippen LogP) is 2.57. The molecular weight excluding hydrogens is 376 g/mol. The smallest absolute Gasteiger partial charge is 0.339 e. The van der Waals surface area contributed by atoms with Crippen molar-refractivity contribution in [3.8, 4) is 0 Å². The number of carbonyl (C=O) groups is 2. The van der Waals surface area contributed by atoms with Crippen molar-refractivity contribution < 1.29 is 22.7 Å². The third-order valence-corrected chi connectivity index (χ3v) is 7.04. The van der Waals surface area contributed by atoms with Crippen molar-refractivity contribution in [2.24, 2.45) is 0 Å². The third-order valence-electron chi connectivity index (χ3n) is 4.08. The molecule has 0 unspecified atom stereocenters. The Morgan fingerprint density at radius 2 is 1.88 bits per heavy atom. The second-order valence-corrected chi connectivity index (χ2v) is 8.60. The molecule has 0 spiro atoms. The zero-order valence-electron chi connectivity index (χ0n) is 14.1. The normalized spacial score (nSPS) is 15.0. The number of amides is 1. The van der Waals surface area contributed by atoms with Crippen LogP contribution in [-0.4, -0.2) is 44.8 Å². The first-order valence-electron chi connectivity index (χ1n) is 8.01. The summed E-state index contributed by atoms with van der Waals surface area (Å²) in [7, 11) is -2.30. The van der Waals surface area contributed by atoms with Crippen molar-refractivity contribution >= 4 is 38.9 Å². The molecule has 1 fully saturated rings. The minimum absolute atomic E-state index is 0.121. The minimum Gasteiger partial charge on any atom is -0.465 e. The van der Waals surface area contributed by atoms with E-state index >= 15 is 0 Å². The Morgan fingerprint density at radius 1 is 1.19 bits per heavy atom. The number of nitrogens with one attached hydrogen (secondary N) is 1. The lowest BCUT2D eigenvalue weighted by molar-refractivity contribution is 0.0602. The maximum absolute atomic E-state index is 12.6. The Kier molecular flexibility index (Phi) is 5.40. The van der Waals surface area contributed by atoms with Crippen molar-refractivity contribution in [3.63, 3.8) is 0 Å². The highest BCUT2D eigenvalue weighted by Crippen LogP contribution is 2.26. The molecule has 9 heteroatoms. The van der Waals surface area contributed by atoms with Crippen LogP contribution in [0.25, 0.3) is 0 Å². The zero-order chi connectivity index (χ0) is 18.7. The Labute approximate surface area is 155 Å². The van der Waals surface area contributed by atoms with Crippen LogP contribution in [0.15, 0.2) is 40.6 Å². The Balaban J connectivity index is 1.80. The molecule has 1 N–H and O–H groups in total. The number of hydrogen-bond donors (Lipinski definition) is 1. The number of anilines is 1. The van der Waals surface area contributed by atoms with Crippen LogP contribution in [0.5, 0.6) is 0 Å². The fourth-order valence-corrected chi connectivity index (χ4v) is 5.39. The summed E-state index contributed by atoms with van der Waals surface area (Å²) in [5, 5.41) is 4.11. The molecule has 1 aliphatic rings. The van der Waals surface area contributed by atoms with E-state index in [0.717, 1.165) is 24.2 Å². The molecule has 1 aromatic carbocycles. The first-order chi connectivity index (χ1) is 12.4. The lowest BCUT2D eigenvalue weighted by atomic mass is 10.2. The Bertz CT molecular complexity index is 930. The van der Waals surface area contributed by atoms with E-state index in [9.17, 15) is 18.0 Å².